The first-order valence-electron chi connectivity index (χ1n) is 11.9. The van der Waals surface area contributed by atoms with E-state index in [1.807, 2.05) is 13.1 Å². The van der Waals surface area contributed by atoms with Crippen molar-refractivity contribution in [2.24, 2.45) is 4.99 Å². The number of benzene rings is 1. The third-order valence-electron chi connectivity index (χ3n) is 7.15. The van der Waals surface area contributed by atoms with Crippen LogP contribution >= 0.6 is 0 Å². The first-order chi connectivity index (χ1) is 14.8. The highest BCUT2D eigenvalue weighted by Gasteiger charge is 2.30. The van der Waals surface area contributed by atoms with Crippen molar-refractivity contribution >= 4 is 5.96 Å². The molecule has 30 heavy (non-hydrogen) atoms. The molecular weight excluding hydrogens is 374 g/mol. The van der Waals surface area contributed by atoms with E-state index in [0.717, 1.165) is 43.9 Å². The van der Waals surface area contributed by atoms with E-state index >= 15 is 0 Å². The second-order valence-corrected chi connectivity index (χ2v) is 9.05. The fourth-order valence-corrected chi connectivity index (χ4v) is 5.45. The van der Waals surface area contributed by atoms with Crippen molar-refractivity contribution in [3.8, 4) is 5.75 Å². The smallest absolute Gasteiger partial charge is 0.191 e. The van der Waals surface area contributed by atoms with Crippen LogP contribution in [0.25, 0.3) is 0 Å². The van der Waals surface area contributed by atoms with Gasteiger partial charge in [-0.15, -0.1) is 0 Å². The zero-order valence-electron chi connectivity index (χ0n) is 18.8. The van der Waals surface area contributed by atoms with E-state index in [1.165, 1.54) is 57.1 Å². The third kappa shape index (κ3) is 5.27. The van der Waals surface area contributed by atoms with Crippen LogP contribution in [0.5, 0.6) is 5.75 Å². The zero-order chi connectivity index (χ0) is 20.8. The van der Waals surface area contributed by atoms with E-state index in [1.54, 1.807) is 7.11 Å². The van der Waals surface area contributed by atoms with Gasteiger partial charge < -0.3 is 15.4 Å². The number of hydrogen-bond acceptors (Lipinski definition) is 4. The molecule has 2 unspecified atom stereocenters. The van der Waals surface area contributed by atoms with Crippen molar-refractivity contribution in [2.45, 2.75) is 63.1 Å². The molecule has 2 saturated heterocycles. The summed E-state index contributed by atoms with van der Waals surface area (Å²) >= 11 is 0. The lowest BCUT2D eigenvalue weighted by molar-refractivity contribution is 0.240. The summed E-state index contributed by atoms with van der Waals surface area (Å²) in [5.74, 6) is 1.86. The summed E-state index contributed by atoms with van der Waals surface area (Å²) in [6.45, 7) is 5.55. The number of guanidine groups is 1. The summed E-state index contributed by atoms with van der Waals surface area (Å²) in [6, 6.07) is 10.2. The van der Waals surface area contributed by atoms with Crippen LogP contribution in [-0.2, 0) is 0 Å². The zero-order valence-corrected chi connectivity index (χ0v) is 18.8. The van der Waals surface area contributed by atoms with Crippen molar-refractivity contribution in [1.82, 2.24) is 20.4 Å². The van der Waals surface area contributed by atoms with Crippen LogP contribution in [0.4, 0.5) is 0 Å². The van der Waals surface area contributed by atoms with E-state index in [0.29, 0.717) is 12.1 Å². The third-order valence-corrected chi connectivity index (χ3v) is 7.15. The minimum atomic E-state index is 0.333. The Morgan fingerprint density at radius 1 is 1.13 bits per heavy atom. The van der Waals surface area contributed by atoms with Gasteiger partial charge >= 0.3 is 0 Å². The van der Waals surface area contributed by atoms with Gasteiger partial charge in [-0.3, -0.25) is 14.8 Å². The lowest BCUT2D eigenvalue weighted by atomic mass is 10.1. The number of hydrogen-bond donors (Lipinski definition) is 2. The average molecular weight is 414 g/mol. The minimum Gasteiger partial charge on any atom is -0.497 e. The van der Waals surface area contributed by atoms with E-state index in [2.05, 4.69) is 43.6 Å². The topological polar surface area (TPSA) is 52.1 Å². The second kappa shape index (κ2) is 10.5. The molecule has 1 aromatic rings. The molecule has 4 rings (SSSR count). The molecule has 6 nitrogen and oxygen atoms in total. The minimum absolute atomic E-state index is 0.333. The molecule has 1 aliphatic carbocycles. The van der Waals surface area contributed by atoms with Gasteiger partial charge in [0.25, 0.3) is 0 Å². The van der Waals surface area contributed by atoms with E-state index in [-0.39, 0.29) is 0 Å². The Hall–Kier alpha value is -1.79. The summed E-state index contributed by atoms with van der Waals surface area (Å²) in [5, 5.41) is 7.32. The van der Waals surface area contributed by atoms with E-state index < -0.39 is 0 Å². The van der Waals surface area contributed by atoms with Crippen LogP contribution < -0.4 is 15.4 Å². The van der Waals surface area contributed by atoms with Gasteiger partial charge in [0.1, 0.15) is 5.75 Å². The average Bonchev–Trinajstić information content (AvgIpc) is 3.55. The van der Waals surface area contributed by atoms with Crippen molar-refractivity contribution in [1.29, 1.82) is 0 Å². The van der Waals surface area contributed by atoms with Gasteiger partial charge in [-0.1, -0.05) is 25.0 Å². The van der Waals surface area contributed by atoms with Crippen LogP contribution in [0, 0.1) is 0 Å². The lowest BCUT2D eigenvalue weighted by Crippen LogP contribution is -2.47. The Labute approximate surface area is 182 Å². The van der Waals surface area contributed by atoms with Crippen LogP contribution in [-0.4, -0.2) is 74.7 Å². The summed E-state index contributed by atoms with van der Waals surface area (Å²) in [4.78, 5) is 9.82. The summed E-state index contributed by atoms with van der Waals surface area (Å²) in [5.41, 5.74) is 1.31. The van der Waals surface area contributed by atoms with E-state index in [9.17, 15) is 0 Å². The maximum Gasteiger partial charge on any atom is 0.191 e. The van der Waals surface area contributed by atoms with Crippen molar-refractivity contribution in [2.75, 3.05) is 46.9 Å². The highest BCUT2D eigenvalue weighted by molar-refractivity contribution is 5.80. The molecule has 0 spiro atoms. The number of aliphatic imine (C=N–C) groups is 1. The Morgan fingerprint density at radius 3 is 2.67 bits per heavy atom. The van der Waals surface area contributed by atoms with Gasteiger partial charge in [0.05, 0.1) is 13.2 Å². The van der Waals surface area contributed by atoms with E-state index in [4.69, 9.17) is 4.74 Å². The molecule has 2 atom stereocenters. The van der Waals surface area contributed by atoms with Crippen LogP contribution in [0.2, 0.25) is 0 Å². The molecule has 3 aliphatic rings. The number of nitrogens with one attached hydrogen (secondary N) is 2. The molecule has 0 radical (unpaired) electrons. The molecule has 2 N–H and O–H groups in total. The standard InChI is InChI=1S/C24H39N5O/c1-25-24(27-20-12-15-29(18-20)21-9-3-4-10-21)26-17-23(28-13-5-6-14-28)19-8-7-11-22(16-19)30-2/h7-8,11,16,20-21,23H,3-6,9-10,12-15,17-18H2,1-2H3,(H2,25,26,27). The highest BCUT2D eigenvalue weighted by Crippen LogP contribution is 2.28. The van der Waals surface area contributed by atoms with Crippen LogP contribution in [0.15, 0.2) is 29.3 Å². The molecule has 2 heterocycles. The molecule has 1 aromatic carbocycles. The van der Waals surface area contributed by atoms with Gasteiger partial charge in [0.15, 0.2) is 5.96 Å². The fraction of sp³-hybridized carbons (Fsp3) is 0.708. The number of rotatable bonds is 7. The summed E-state index contributed by atoms with van der Waals surface area (Å²) < 4.78 is 5.48. The van der Waals surface area contributed by atoms with Gasteiger partial charge in [-0.05, 0) is 62.9 Å². The van der Waals surface area contributed by atoms with Gasteiger partial charge in [-0.2, -0.15) is 0 Å². The molecule has 0 amide bonds. The monoisotopic (exact) mass is 413 g/mol. The molecule has 3 fully saturated rings. The Balaban J connectivity index is 1.34. The number of likely N-dealkylation sites (tertiary alicyclic amines) is 2. The maximum absolute atomic E-state index is 5.48. The molecule has 0 aromatic heterocycles. The quantitative estimate of drug-likeness (QED) is 0.532. The predicted molar refractivity (Wildman–Crippen MR) is 123 cm³/mol. The molecular formula is C24H39N5O. The Morgan fingerprint density at radius 2 is 1.93 bits per heavy atom. The van der Waals surface area contributed by atoms with Gasteiger partial charge in [0, 0.05) is 38.8 Å². The largest absolute Gasteiger partial charge is 0.497 e. The Bertz CT molecular complexity index is 697. The fourth-order valence-electron chi connectivity index (χ4n) is 5.45. The van der Waals surface area contributed by atoms with Crippen LogP contribution in [0.1, 0.15) is 56.6 Å². The lowest BCUT2D eigenvalue weighted by Gasteiger charge is -2.29. The first-order valence-corrected chi connectivity index (χ1v) is 11.9. The maximum atomic E-state index is 5.48. The molecule has 1 saturated carbocycles. The normalized spacial score (nSPS) is 25.0. The Kier molecular flexibility index (Phi) is 7.50. The first kappa shape index (κ1) is 21.4. The summed E-state index contributed by atoms with van der Waals surface area (Å²) in [6.07, 6.45) is 9.37. The summed E-state index contributed by atoms with van der Waals surface area (Å²) in [7, 11) is 3.62. The number of methoxy groups -OCH3 is 1. The molecule has 0 bridgehead atoms. The van der Waals surface area contributed by atoms with Crippen molar-refractivity contribution < 1.29 is 4.74 Å². The number of ether oxygens (including phenoxy) is 1. The van der Waals surface area contributed by atoms with Gasteiger partial charge in [0.2, 0.25) is 0 Å². The second-order valence-electron chi connectivity index (χ2n) is 9.05. The van der Waals surface area contributed by atoms with Crippen LogP contribution in [0.3, 0.4) is 0 Å². The van der Waals surface area contributed by atoms with Crippen molar-refractivity contribution in [3.63, 3.8) is 0 Å². The molecule has 6 heteroatoms. The molecule has 2 aliphatic heterocycles. The van der Waals surface area contributed by atoms with Crippen molar-refractivity contribution in [3.05, 3.63) is 29.8 Å². The SMILES string of the molecule is CN=C(NCC(c1cccc(OC)c1)N1CCCC1)NC1CCN(C2CCCC2)C1. The highest BCUT2D eigenvalue weighted by atomic mass is 16.5. The predicted octanol–water partition coefficient (Wildman–Crippen LogP) is 3.01. The van der Waals surface area contributed by atoms with Gasteiger partial charge in [-0.25, -0.2) is 0 Å². The molecule has 166 valence electrons. The number of nitrogens with zero attached hydrogens (tertiary/aromatic N) is 3.